The molecule has 0 aliphatic carbocycles. The lowest BCUT2D eigenvalue weighted by molar-refractivity contribution is -0.384. The molecule has 0 unspecified atom stereocenters. The molecule has 0 aromatic heterocycles. The van der Waals surface area contributed by atoms with E-state index in [-0.39, 0.29) is 22.9 Å². The third-order valence-electron chi connectivity index (χ3n) is 3.01. The summed E-state index contributed by atoms with van der Waals surface area (Å²) in [6.07, 6.45) is 1.16. The molecule has 0 N–H and O–H groups in total. The maximum atomic E-state index is 11.3. The van der Waals surface area contributed by atoms with Crippen LogP contribution in [0.25, 0.3) is 5.76 Å². The first-order valence-electron chi connectivity index (χ1n) is 7.44. The summed E-state index contributed by atoms with van der Waals surface area (Å²) in [5.41, 5.74) is 0.299. The quantitative estimate of drug-likeness (QED) is 0.256. The van der Waals surface area contributed by atoms with Crippen LogP contribution in [-0.4, -0.2) is 16.9 Å². The maximum Gasteiger partial charge on any atom is 0.308 e. The van der Waals surface area contributed by atoms with Crippen LogP contribution in [0.2, 0.25) is 0 Å². The molecule has 2 aromatic rings. The van der Waals surface area contributed by atoms with Gasteiger partial charge in [-0.05, 0) is 24.3 Å². The van der Waals surface area contributed by atoms with Crippen molar-refractivity contribution in [2.75, 3.05) is 0 Å². The number of hydrogen-bond acceptors (Lipinski definition) is 7. The fourth-order valence-electron chi connectivity index (χ4n) is 1.96. The van der Waals surface area contributed by atoms with Crippen LogP contribution in [0.4, 0.5) is 5.69 Å². The summed E-state index contributed by atoms with van der Waals surface area (Å²) in [5, 5.41) is 10.7. The number of ether oxygens (including phenoxy) is 3. The number of nitro benzene ring substituents is 1. The average Bonchev–Trinajstić information content (AvgIpc) is 2.59. The molecule has 0 aliphatic rings. The third kappa shape index (κ3) is 5.17. The van der Waals surface area contributed by atoms with Crippen molar-refractivity contribution in [3.05, 3.63) is 70.5 Å². The Labute approximate surface area is 148 Å². The zero-order valence-corrected chi connectivity index (χ0v) is 14.0. The highest BCUT2D eigenvalue weighted by Gasteiger charge is 2.12. The number of non-ortho nitro benzene ring substituents is 1. The van der Waals surface area contributed by atoms with E-state index in [1.807, 2.05) is 0 Å². The average molecular weight is 357 g/mol. The highest BCUT2D eigenvalue weighted by Crippen LogP contribution is 2.28. The second-order valence-electron chi connectivity index (χ2n) is 5.04. The molecule has 0 amide bonds. The lowest BCUT2D eigenvalue weighted by atomic mass is 10.2. The lowest BCUT2D eigenvalue weighted by Gasteiger charge is -2.10. The molecular weight excluding hydrogens is 342 g/mol. The summed E-state index contributed by atoms with van der Waals surface area (Å²) in [6.45, 7) is 2.47. The molecule has 0 fully saturated rings. The van der Waals surface area contributed by atoms with Gasteiger partial charge < -0.3 is 14.2 Å². The fraction of sp³-hybridized carbons (Fsp3) is 0.111. The third-order valence-corrected chi connectivity index (χ3v) is 3.01. The molecule has 0 heterocycles. The number of carbonyl (C=O) groups is 2. The van der Waals surface area contributed by atoms with Crippen LogP contribution >= 0.6 is 0 Å². The van der Waals surface area contributed by atoms with Crippen molar-refractivity contribution in [2.24, 2.45) is 0 Å². The van der Waals surface area contributed by atoms with Crippen molar-refractivity contribution in [1.82, 2.24) is 0 Å². The van der Waals surface area contributed by atoms with E-state index >= 15 is 0 Å². The summed E-state index contributed by atoms with van der Waals surface area (Å²) in [5.74, 6) is -0.631. The predicted molar refractivity (Wildman–Crippen MR) is 91.2 cm³/mol. The summed E-state index contributed by atoms with van der Waals surface area (Å²) in [7, 11) is 0. The van der Waals surface area contributed by atoms with Gasteiger partial charge in [-0.25, -0.2) is 0 Å². The molecule has 8 nitrogen and oxygen atoms in total. The van der Waals surface area contributed by atoms with Gasteiger partial charge in [-0.15, -0.1) is 0 Å². The molecule has 0 radical (unpaired) electrons. The van der Waals surface area contributed by atoms with E-state index in [9.17, 15) is 19.7 Å². The van der Waals surface area contributed by atoms with Gasteiger partial charge in [-0.2, -0.15) is 0 Å². The van der Waals surface area contributed by atoms with Gasteiger partial charge in [0.25, 0.3) is 5.69 Å². The van der Waals surface area contributed by atoms with Gasteiger partial charge in [0.1, 0.15) is 6.26 Å². The topological polar surface area (TPSA) is 105 Å². The van der Waals surface area contributed by atoms with E-state index in [1.165, 1.54) is 38.1 Å². The molecule has 26 heavy (non-hydrogen) atoms. The second kappa shape index (κ2) is 8.43. The van der Waals surface area contributed by atoms with Crippen molar-refractivity contribution in [3.63, 3.8) is 0 Å². The van der Waals surface area contributed by atoms with Gasteiger partial charge >= 0.3 is 11.9 Å². The minimum Gasteiger partial charge on any atom is -0.457 e. The Morgan fingerprint density at radius 2 is 1.58 bits per heavy atom. The monoisotopic (exact) mass is 357 g/mol. The smallest absolute Gasteiger partial charge is 0.308 e. The summed E-state index contributed by atoms with van der Waals surface area (Å²) < 4.78 is 15.6. The molecule has 0 saturated carbocycles. The van der Waals surface area contributed by atoms with E-state index in [0.717, 1.165) is 6.26 Å². The largest absolute Gasteiger partial charge is 0.457 e. The van der Waals surface area contributed by atoms with E-state index < -0.39 is 16.9 Å². The first-order valence-corrected chi connectivity index (χ1v) is 7.44. The molecule has 0 aliphatic heterocycles. The van der Waals surface area contributed by atoms with Crippen molar-refractivity contribution >= 4 is 23.4 Å². The second-order valence-corrected chi connectivity index (χ2v) is 5.04. The zero-order chi connectivity index (χ0) is 19.1. The summed E-state index contributed by atoms with van der Waals surface area (Å²) in [6, 6.07) is 11.9. The summed E-state index contributed by atoms with van der Waals surface area (Å²) in [4.78, 5) is 32.7. The first kappa shape index (κ1) is 18.7. The SMILES string of the molecule is CC(=O)OC(=COc1ccccc1OC(C)=O)c1ccc([N+](=O)[O-])cc1. The molecule has 2 aromatic carbocycles. The predicted octanol–water partition coefficient (Wildman–Crippen LogP) is 3.46. The number of rotatable bonds is 6. The van der Waals surface area contributed by atoms with Crippen LogP contribution in [-0.2, 0) is 14.3 Å². The van der Waals surface area contributed by atoms with Crippen molar-refractivity contribution in [1.29, 1.82) is 0 Å². The van der Waals surface area contributed by atoms with Gasteiger partial charge in [0.05, 0.1) is 4.92 Å². The van der Waals surface area contributed by atoms with Crippen molar-refractivity contribution in [3.8, 4) is 11.5 Å². The van der Waals surface area contributed by atoms with Crippen LogP contribution in [0, 0.1) is 10.1 Å². The fourth-order valence-corrected chi connectivity index (χ4v) is 1.96. The Balaban J connectivity index is 2.31. The molecule has 2 rings (SSSR count). The van der Waals surface area contributed by atoms with Gasteiger partial charge in [0, 0.05) is 31.5 Å². The Morgan fingerprint density at radius 3 is 2.12 bits per heavy atom. The van der Waals surface area contributed by atoms with E-state index in [1.54, 1.807) is 24.3 Å². The highest BCUT2D eigenvalue weighted by atomic mass is 16.6. The van der Waals surface area contributed by atoms with Crippen LogP contribution < -0.4 is 9.47 Å². The minimum atomic E-state index is -0.591. The number of benzene rings is 2. The molecule has 8 heteroatoms. The number of para-hydroxylation sites is 2. The molecule has 0 bridgehead atoms. The van der Waals surface area contributed by atoms with Crippen LogP contribution in [0.3, 0.4) is 0 Å². The Kier molecular flexibility index (Phi) is 6.05. The number of nitro groups is 1. The standard InChI is InChI=1S/C18H15NO7/c1-12(20)25-17-6-4-3-5-16(17)24-11-18(26-13(2)21)14-7-9-15(10-8-14)19(22)23/h3-11H,1-2H3. The van der Waals surface area contributed by atoms with Gasteiger partial charge in [-0.3, -0.25) is 19.7 Å². The van der Waals surface area contributed by atoms with Crippen LogP contribution in [0.1, 0.15) is 19.4 Å². The molecular formula is C18H15NO7. The van der Waals surface area contributed by atoms with Gasteiger partial charge in [-0.1, -0.05) is 12.1 Å². The summed E-state index contributed by atoms with van der Waals surface area (Å²) >= 11 is 0. The molecule has 134 valence electrons. The molecule has 0 spiro atoms. The normalized spacial score (nSPS) is 10.8. The van der Waals surface area contributed by atoms with Gasteiger partial charge in [0.2, 0.25) is 0 Å². The maximum absolute atomic E-state index is 11.3. The molecule has 0 saturated heterocycles. The Morgan fingerprint density at radius 1 is 0.962 bits per heavy atom. The highest BCUT2D eigenvalue weighted by molar-refractivity contribution is 5.76. The number of nitrogens with zero attached hydrogens (tertiary/aromatic N) is 1. The Bertz CT molecular complexity index is 856. The van der Waals surface area contributed by atoms with E-state index in [2.05, 4.69) is 0 Å². The number of esters is 2. The van der Waals surface area contributed by atoms with Crippen LogP contribution in [0.15, 0.2) is 54.8 Å². The number of hydrogen-bond donors (Lipinski definition) is 0. The van der Waals surface area contributed by atoms with Gasteiger partial charge in [0.15, 0.2) is 17.3 Å². The first-order chi connectivity index (χ1) is 12.4. The van der Waals surface area contributed by atoms with Crippen molar-refractivity contribution < 1.29 is 28.7 Å². The lowest BCUT2D eigenvalue weighted by Crippen LogP contribution is -2.03. The molecule has 0 atom stereocenters. The van der Waals surface area contributed by atoms with Crippen LogP contribution in [0.5, 0.6) is 11.5 Å². The van der Waals surface area contributed by atoms with E-state index in [4.69, 9.17) is 14.2 Å². The number of carbonyl (C=O) groups excluding carboxylic acids is 2. The minimum absolute atomic E-state index is 0.0463. The van der Waals surface area contributed by atoms with Crippen molar-refractivity contribution in [2.45, 2.75) is 13.8 Å². The Hall–Kier alpha value is -3.68. The van der Waals surface area contributed by atoms with E-state index in [0.29, 0.717) is 5.56 Å². The zero-order valence-electron chi connectivity index (χ0n) is 14.0.